The molecule has 2 heterocycles. The highest BCUT2D eigenvalue weighted by Gasteiger charge is 1.99. The van der Waals surface area contributed by atoms with Crippen molar-refractivity contribution in [2.75, 3.05) is 0 Å². The summed E-state index contributed by atoms with van der Waals surface area (Å²) in [5.74, 6) is 0.617. The van der Waals surface area contributed by atoms with Crippen molar-refractivity contribution in [1.29, 1.82) is 0 Å². The third-order valence-electron chi connectivity index (χ3n) is 1.53. The predicted molar refractivity (Wildman–Crippen MR) is 42.7 cm³/mol. The van der Waals surface area contributed by atoms with Gasteiger partial charge in [0.05, 0.1) is 11.6 Å². The third kappa shape index (κ3) is 0.952. The SMILES string of the molecule is Cc1ncc2c(=O)cn[nH]c2n1. The molecule has 0 aliphatic rings. The van der Waals surface area contributed by atoms with E-state index in [1.54, 1.807) is 6.92 Å². The molecule has 5 heteroatoms. The fourth-order valence-electron chi connectivity index (χ4n) is 0.957. The van der Waals surface area contributed by atoms with Crippen molar-refractivity contribution in [1.82, 2.24) is 20.2 Å². The van der Waals surface area contributed by atoms with Gasteiger partial charge in [-0.2, -0.15) is 5.10 Å². The Morgan fingerprint density at radius 2 is 2.25 bits per heavy atom. The van der Waals surface area contributed by atoms with Crippen molar-refractivity contribution in [2.24, 2.45) is 0 Å². The highest BCUT2D eigenvalue weighted by molar-refractivity contribution is 5.71. The second kappa shape index (κ2) is 2.37. The molecule has 0 aliphatic carbocycles. The molecule has 2 aromatic heterocycles. The molecule has 0 saturated carbocycles. The number of rotatable bonds is 0. The molecule has 0 spiro atoms. The second-order valence-corrected chi connectivity index (χ2v) is 2.41. The van der Waals surface area contributed by atoms with Crippen LogP contribution in [0.3, 0.4) is 0 Å². The first-order valence-corrected chi connectivity index (χ1v) is 3.44. The molecule has 0 radical (unpaired) electrons. The van der Waals surface area contributed by atoms with Crippen molar-refractivity contribution in [3.05, 3.63) is 28.4 Å². The molecule has 0 aliphatic heterocycles. The second-order valence-electron chi connectivity index (χ2n) is 2.41. The van der Waals surface area contributed by atoms with Gasteiger partial charge in [0.15, 0.2) is 5.65 Å². The summed E-state index contributed by atoms with van der Waals surface area (Å²) in [6, 6.07) is 0. The molecule has 0 atom stereocenters. The highest BCUT2D eigenvalue weighted by atomic mass is 16.1. The fourth-order valence-corrected chi connectivity index (χ4v) is 0.957. The van der Waals surface area contributed by atoms with Crippen molar-refractivity contribution in [3.63, 3.8) is 0 Å². The van der Waals surface area contributed by atoms with Crippen LogP contribution in [0.1, 0.15) is 5.82 Å². The van der Waals surface area contributed by atoms with Crippen LogP contribution in [0.5, 0.6) is 0 Å². The molecule has 0 aromatic carbocycles. The van der Waals surface area contributed by atoms with Crippen molar-refractivity contribution < 1.29 is 0 Å². The summed E-state index contributed by atoms with van der Waals surface area (Å²) in [4.78, 5) is 19.0. The molecule has 0 unspecified atom stereocenters. The Labute approximate surface area is 67.5 Å². The van der Waals surface area contributed by atoms with Gasteiger partial charge in [0, 0.05) is 6.20 Å². The summed E-state index contributed by atoms with van der Waals surface area (Å²) in [5.41, 5.74) is 0.318. The van der Waals surface area contributed by atoms with Gasteiger partial charge in [-0.3, -0.25) is 9.89 Å². The quantitative estimate of drug-likeness (QED) is 0.592. The first-order chi connectivity index (χ1) is 5.77. The first-order valence-electron chi connectivity index (χ1n) is 3.44. The van der Waals surface area contributed by atoms with E-state index in [-0.39, 0.29) is 5.43 Å². The normalized spacial score (nSPS) is 10.4. The maximum absolute atomic E-state index is 11.1. The molecular weight excluding hydrogens is 156 g/mol. The van der Waals surface area contributed by atoms with E-state index in [9.17, 15) is 4.79 Å². The third-order valence-corrected chi connectivity index (χ3v) is 1.53. The number of hydrogen-bond acceptors (Lipinski definition) is 4. The summed E-state index contributed by atoms with van der Waals surface area (Å²) in [5, 5.41) is 6.73. The van der Waals surface area contributed by atoms with Crippen LogP contribution in [0.15, 0.2) is 17.2 Å². The molecule has 12 heavy (non-hydrogen) atoms. The van der Waals surface area contributed by atoms with Gasteiger partial charge < -0.3 is 0 Å². The van der Waals surface area contributed by atoms with Gasteiger partial charge in [-0.15, -0.1) is 0 Å². The predicted octanol–water partition coefficient (Wildman–Crippen LogP) is 0.0215. The zero-order chi connectivity index (χ0) is 8.55. The van der Waals surface area contributed by atoms with Gasteiger partial charge in [-0.1, -0.05) is 0 Å². The van der Waals surface area contributed by atoms with Crippen molar-refractivity contribution in [3.8, 4) is 0 Å². The summed E-state index contributed by atoms with van der Waals surface area (Å²) in [7, 11) is 0. The lowest BCUT2D eigenvalue weighted by Crippen LogP contribution is -2.05. The molecule has 0 amide bonds. The minimum atomic E-state index is -0.163. The Morgan fingerprint density at radius 3 is 3.08 bits per heavy atom. The van der Waals surface area contributed by atoms with E-state index in [2.05, 4.69) is 20.2 Å². The average molecular weight is 162 g/mol. The van der Waals surface area contributed by atoms with Crippen LogP contribution in [-0.2, 0) is 0 Å². The lowest BCUT2D eigenvalue weighted by molar-refractivity contribution is 0.999. The topological polar surface area (TPSA) is 71.5 Å². The Hall–Kier alpha value is -1.78. The Morgan fingerprint density at radius 1 is 1.42 bits per heavy atom. The van der Waals surface area contributed by atoms with Crippen LogP contribution in [0, 0.1) is 6.92 Å². The Bertz CT molecular complexity index is 476. The van der Waals surface area contributed by atoms with E-state index in [4.69, 9.17) is 0 Å². The molecule has 60 valence electrons. The number of fused-ring (bicyclic) bond motifs is 1. The molecule has 5 nitrogen and oxygen atoms in total. The first kappa shape index (κ1) is 6.90. The van der Waals surface area contributed by atoms with E-state index in [0.29, 0.717) is 16.9 Å². The van der Waals surface area contributed by atoms with Crippen molar-refractivity contribution in [2.45, 2.75) is 6.92 Å². The molecule has 2 rings (SSSR count). The zero-order valence-corrected chi connectivity index (χ0v) is 6.40. The van der Waals surface area contributed by atoms with Crippen LogP contribution in [0.25, 0.3) is 11.0 Å². The van der Waals surface area contributed by atoms with E-state index < -0.39 is 0 Å². The van der Waals surface area contributed by atoms with Gasteiger partial charge in [0.1, 0.15) is 5.82 Å². The maximum Gasteiger partial charge on any atom is 0.211 e. The number of hydrogen-bond donors (Lipinski definition) is 1. The zero-order valence-electron chi connectivity index (χ0n) is 6.40. The van der Waals surface area contributed by atoms with E-state index in [1.165, 1.54) is 12.4 Å². The minimum absolute atomic E-state index is 0.163. The monoisotopic (exact) mass is 162 g/mol. The van der Waals surface area contributed by atoms with Crippen LogP contribution in [0.2, 0.25) is 0 Å². The molecule has 0 saturated heterocycles. The van der Waals surface area contributed by atoms with Crippen LogP contribution in [-0.4, -0.2) is 20.2 Å². The summed E-state index contributed by atoms with van der Waals surface area (Å²) in [6.45, 7) is 1.75. The Kier molecular flexibility index (Phi) is 1.36. The molecule has 2 aromatic rings. The Balaban J connectivity index is 2.96. The fraction of sp³-hybridized carbons (Fsp3) is 0.143. The lowest BCUT2D eigenvalue weighted by atomic mass is 10.4. The van der Waals surface area contributed by atoms with Crippen molar-refractivity contribution >= 4 is 11.0 Å². The maximum atomic E-state index is 11.1. The standard InChI is InChI=1S/C7H6N4O/c1-4-8-2-5-6(12)3-9-11-7(5)10-4/h2-3H,1H3,(H,8,10,11,12). The number of aromatic nitrogens is 4. The van der Waals surface area contributed by atoms with Gasteiger partial charge in [0.2, 0.25) is 5.43 Å². The van der Waals surface area contributed by atoms with Gasteiger partial charge in [0.25, 0.3) is 0 Å². The van der Waals surface area contributed by atoms with E-state index >= 15 is 0 Å². The summed E-state index contributed by atoms with van der Waals surface area (Å²) in [6.07, 6.45) is 2.71. The number of H-pyrrole nitrogens is 1. The summed E-state index contributed by atoms with van der Waals surface area (Å²) >= 11 is 0. The number of nitrogens with zero attached hydrogens (tertiary/aromatic N) is 3. The van der Waals surface area contributed by atoms with Crippen LogP contribution >= 0.6 is 0 Å². The molecule has 0 fully saturated rings. The average Bonchev–Trinajstić information content (AvgIpc) is 2.04. The van der Waals surface area contributed by atoms with Crippen LogP contribution < -0.4 is 5.43 Å². The molecule has 1 N–H and O–H groups in total. The largest absolute Gasteiger partial charge is 0.287 e. The van der Waals surface area contributed by atoms with E-state index in [0.717, 1.165) is 0 Å². The van der Waals surface area contributed by atoms with E-state index in [1.807, 2.05) is 0 Å². The highest BCUT2D eigenvalue weighted by Crippen LogP contribution is 1.98. The summed E-state index contributed by atoms with van der Waals surface area (Å²) < 4.78 is 0. The number of aromatic amines is 1. The lowest BCUT2D eigenvalue weighted by Gasteiger charge is -1.94. The smallest absolute Gasteiger partial charge is 0.211 e. The van der Waals surface area contributed by atoms with Gasteiger partial charge in [-0.25, -0.2) is 9.97 Å². The number of aryl methyl sites for hydroxylation is 1. The van der Waals surface area contributed by atoms with Crippen LogP contribution in [0.4, 0.5) is 0 Å². The molecule has 0 bridgehead atoms. The number of nitrogens with one attached hydrogen (secondary N) is 1. The minimum Gasteiger partial charge on any atom is -0.287 e. The van der Waals surface area contributed by atoms with Gasteiger partial charge >= 0.3 is 0 Å². The molecular formula is C7H6N4O. The van der Waals surface area contributed by atoms with Gasteiger partial charge in [-0.05, 0) is 6.92 Å².